The predicted molar refractivity (Wildman–Crippen MR) is 54.9 cm³/mol. The summed E-state index contributed by atoms with van der Waals surface area (Å²) in [5, 5.41) is 0.567. The second-order valence-corrected chi connectivity index (χ2v) is 4.52. The van der Waals surface area contributed by atoms with Gasteiger partial charge in [0.25, 0.3) is 0 Å². The highest BCUT2D eigenvalue weighted by Gasteiger charge is 2.19. The van der Waals surface area contributed by atoms with Crippen LogP contribution in [0.1, 0.15) is 26.3 Å². The lowest BCUT2D eigenvalue weighted by atomic mass is 9.86. The van der Waals surface area contributed by atoms with Gasteiger partial charge in [-0.2, -0.15) is 0 Å². The van der Waals surface area contributed by atoms with E-state index in [1.165, 1.54) is 6.26 Å². The second-order valence-electron chi connectivity index (χ2n) is 4.52. The van der Waals surface area contributed by atoms with Gasteiger partial charge in [-0.15, -0.1) is 0 Å². The van der Waals surface area contributed by atoms with Gasteiger partial charge in [-0.25, -0.2) is 4.39 Å². The minimum Gasteiger partial charge on any atom is -0.461 e. The first kappa shape index (κ1) is 9.25. The molecule has 0 radical (unpaired) electrons. The summed E-state index contributed by atoms with van der Waals surface area (Å²) in [6, 6.07) is 5.58. The van der Waals surface area contributed by atoms with Crippen LogP contribution in [0.25, 0.3) is 11.0 Å². The number of para-hydroxylation sites is 1. The highest BCUT2D eigenvalue weighted by Crippen LogP contribution is 2.31. The Hall–Kier alpha value is -1.31. The molecule has 0 aliphatic rings. The average Bonchev–Trinajstić information content (AvgIpc) is 2.46. The Balaban J connectivity index is 2.79. The molecule has 0 unspecified atom stereocenters. The highest BCUT2D eigenvalue weighted by molar-refractivity contribution is 5.81. The quantitative estimate of drug-likeness (QED) is 0.617. The molecule has 2 rings (SSSR count). The van der Waals surface area contributed by atoms with Gasteiger partial charge in [0.2, 0.25) is 0 Å². The van der Waals surface area contributed by atoms with Crippen LogP contribution in [0.5, 0.6) is 0 Å². The summed E-state index contributed by atoms with van der Waals surface area (Å²) in [5.41, 5.74) is 1.68. The molecule has 0 atom stereocenters. The maximum absolute atomic E-state index is 13.2. The largest absolute Gasteiger partial charge is 0.461 e. The number of hydrogen-bond acceptors (Lipinski definition) is 1. The van der Waals surface area contributed by atoms with Gasteiger partial charge in [0.15, 0.2) is 5.82 Å². The molecule has 74 valence electrons. The molecule has 1 nitrogen and oxygen atoms in total. The third-order valence-electron chi connectivity index (χ3n) is 2.36. The Morgan fingerprint density at radius 1 is 1.21 bits per heavy atom. The summed E-state index contributed by atoms with van der Waals surface area (Å²) in [6.45, 7) is 6.26. The van der Waals surface area contributed by atoms with E-state index in [-0.39, 0.29) is 11.2 Å². The van der Waals surface area contributed by atoms with E-state index in [0.29, 0.717) is 11.0 Å². The van der Waals surface area contributed by atoms with Crippen molar-refractivity contribution in [2.45, 2.75) is 26.2 Å². The van der Waals surface area contributed by atoms with Crippen LogP contribution in [0.4, 0.5) is 4.39 Å². The lowest BCUT2D eigenvalue weighted by Gasteiger charge is -2.18. The zero-order valence-corrected chi connectivity index (χ0v) is 8.60. The smallest absolute Gasteiger partial charge is 0.169 e. The Kier molecular flexibility index (Phi) is 1.88. The summed E-state index contributed by atoms with van der Waals surface area (Å²) < 4.78 is 18.5. The topological polar surface area (TPSA) is 13.1 Å². The van der Waals surface area contributed by atoms with E-state index < -0.39 is 0 Å². The van der Waals surface area contributed by atoms with Gasteiger partial charge in [0.1, 0.15) is 11.8 Å². The predicted octanol–water partition coefficient (Wildman–Crippen LogP) is 3.87. The lowest BCUT2D eigenvalue weighted by molar-refractivity contribution is 0.538. The van der Waals surface area contributed by atoms with E-state index in [1.54, 1.807) is 6.07 Å². The molecule has 14 heavy (non-hydrogen) atoms. The second kappa shape index (κ2) is 2.84. The summed E-state index contributed by atoms with van der Waals surface area (Å²) in [5.74, 6) is -0.286. The molecule has 2 aromatic rings. The SMILES string of the molecule is CC(C)(C)c1cccc2c(F)coc12. The Morgan fingerprint density at radius 2 is 1.93 bits per heavy atom. The molecule has 2 heteroatoms. The van der Waals surface area contributed by atoms with Crippen LogP contribution in [0.2, 0.25) is 0 Å². The fraction of sp³-hybridized carbons (Fsp3) is 0.333. The van der Waals surface area contributed by atoms with Crippen molar-refractivity contribution in [3.63, 3.8) is 0 Å². The first-order chi connectivity index (χ1) is 6.50. The molecule has 0 bridgehead atoms. The van der Waals surface area contributed by atoms with E-state index in [1.807, 2.05) is 12.1 Å². The summed E-state index contributed by atoms with van der Waals surface area (Å²) in [7, 11) is 0. The van der Waals surface area contributed by atoms with Crippen LogP contribution in [0, 0.1) is 5.82 Å². The van der Waals surface area contributed by atoms with Crippen LogP contribution < -0.4 is 0 Å². The number of rotatable bonds is 0. The molecule has 0 aliphatic heterocycles. The molecule has 0 saturated heterocycles. The number of furan rings is 1. The van der Waals surface area contributed by atoms with Crippen molar-refractivity contribution in [3.05, 3.63) is 35.8 Å². The maximum Gasteiger partial charge on any atom is 0.169 e. The fourth-order valence-corrected chi connectivity index (χ4v) is 1.62. The maximum atomic E-state index is 13.2. The standard InChI is InChI=1S/C12H13FO/c1-12(2,3)9-6-4-5-8-10(13)7-14-11(8)9/h4-7H,1-3H3. The molecule has 0 N–H and O–H groups in total. The molecule has 1 heterocycles. The van der Waals surface area contributed by atoms with Crippen molar-refractivity contribution in [1.82, 2.24) is 0 Å². The number of halogens is 1. The van der Waals surface area contributed by atoms with E-state index >= 15 is 0 Å². The first-order valence-electron chi connectivity index (χ1n) is 4.66. The first-order valence-corrected chi connectivity index (χ1v) is 4.66. The molecular weight excluding hydrogens is 179 g/mol. The average molecular weight is 192 g/mol. The third-order valence-corrected chi connectivity index (χ3v) is 2.36. The minimum atomic E-state index is -0.286. The summed E-state index contributed by atoms with van der Waals surface area (Å²) in [6.07, 6.45) is 1.17. The normalized spacial score (nSPS) is 12.3. The zero-order valence-electron chi connectivity index (χ0n) is 8.60. The van der Waals surface area contributed by atoms with Crippen molar-refractivity contribution in [3.8, 4) is 0 Å². The summed E-state index contributed by atoms with van der Waals surface area (Å²) >= 11 is 0. The van der Waals surface area contributed by atoms with Gasteiger partial charge in [-0.1, -0.05) is 32.9 Å². The van der Waals surface area contributed by atoms with Gasteiger partial charge in [0.05, 0.1) is 5.39 Å². The van der Waals surface area contributed by atoms with Crippen LogP contribution in [0.3, 0.4) is 0 Å². The van der Waals surface area contributed by atoms with Gasteiger partial charge < -0.3 is 4.42 Å². The van der Waals surface area contributed by atoms with Gasteiger partial charge in [-0.05, 0) is 11.5 Å². The lowest BCUT2D eigenvalue weighted by Crippen LogP contribution is -2.10. The van der Waals surface area contributed by atoms with E-state index in [4.69, 9.17) is 4.42 Å². The van der Waals surface area contributed by atoms with Crippen molar-refractivity contribution < 1.29 is 8.81 Å². The molecule has 0 amide bonds. The molecule has 0 saturated carbocycles. The minimum absolute atomic E-state index is 0.0240. The monoisotopic (exact) mass is 192 g/mol. The van der Waals surface area contributed by atoms with Crippen molar-refractivity contribution in [1.29, 1.82) is 0 Å². The van der Waals surface area contributed by atoms with Gasteiger partial charge >= 0.3 is 0 Å². The number of fused-ring (bicyclic) bond motifs is 1. The Labute approximate surface area is 82.5 Å². The molecule has 0 fully saturated rings. The molecule has 0 aliphatic carbocycles. The Morgan fingerprint density at radius 3 is 2.57 bits per heavy atom. The van der Waals surface area contributed by atoms with Gasteiger partial charge in [-0.3, -0.25) is 0 Å². The van der Waals surface area contributed by atoms with E-state index in [9.17, 15) is 4.39 Å². The van der Waals surface area contributed by atoms with Crippen molar-refractivity contribution >= 4 is 11.0 Å². The van der Waals surface area contributed by atoms with Crippen molar-refractivity contribution in [2.75, 3.05) is 0 Å². The molecular formula is C12H13FO. The van der Waals surface area contributed by atoms with Crippen molar-refractivity contribution in [2.24, 2.45) is 0 Å². The van der Waals surface area contributed by atoms with Crippen LogP contribution in [-0.2, 0) is 5.41 Å². The number of hydrogen-bond donors (Lipinski definition) is 0. The van der Waals surface area contributed by atoms with Crippen LogP contribution in [0.15, 0.2) is 28.9 Å². The number of benzene rings is 1. The van der Waals surface area contributed by atoms with E-state index in [2.05, 4.69) is 20.8 Å². The van der Waals surface area contributed by atoms with E-state index in [0.717, 1.165) is 5.56 Å². The molecule has 1 aromatic heterocycles. The highest BCUT2D eigenvalue weighted by atomic mass is 19.1. The van der Waals surface area contributed by atoms with Crippen LogP contribution in [-0.4, -0.2) is 0 Å². The summed E-state index contributed by atoms with van der Waals surface area (Å²) in [4.78, 5) is 0. The Bertz CT molecular complexity index is 463. The zero-order chi connectivity index (χ0) is 10.3. The van der Waals surface area contributed by atoms with Gasteiger partial charge in [0, 0.05) is 5.56 Å². The molecule has 0 spiro atoms. The third kappa shape index (κ3) is 1.31. The van der Waals surface area contributed by atoms with Crippen LogP contribution >= 0.6 is 0 Å². The molecule has 1 aromatic carbocycles. The fourth-order valence-electron chi connectivity index (χ4n) is 1.62.